The zero-order chi connectivity index (χ0) is 26.2. The number of esters is 1. The minimum atomic E-state index is -4.40. The second-order valence-electron chi connectivity index (χ2n) is 8.56. The summed E-state index contributed by atoms with van der Waals surface area (Å²) < 4.78 is 45.0. The maximum absolute atomic E-state index is 12.9. The molecule has 4 aromatic rings. The molecule has 0 atom stereocenters. The molecule has 1 aliphatic rings. The van der Waals surface area contributed by atoms with Gasteiger partial charge in [-0.1, -0.05) is 41.9 Å². The van der Waals surface area contributed by atoms with E-state index < -0.39 is 17.7 Å². The first-order valence-electron chi connectivity index (χ1n) is 11.4. The van der Waals surface area contributed by atoms with Crippen LogP contribution in [0.25, 0.3) is 17.1 Å². The van der Waals surface area contributed by atoms with Crippen molar-refractivity contribution in [1.29, 1.82) is 0 Å². The lowest BCUT2D eigenvalue weighted by Gasteiger charge is -2.28. The number of carbonyl (C=O) groups is 1. The van der Waals surface area contributed by atoms with E-state index in [9.17, 15) is 18.0 Å². The third-order valence-electron chi connectivity index (χ3n) is 6.17. The fourth-order valence-electron chi connectivity index (χ4n) is 4.25. The highest BCUT2D eigenvalue weighted by Gasteiger charge is 2.30. The fourth-order valence-corrected chi connectivity index (χ4v) is 4.54. The van der Waals surface area contributed by atoms with Gasteiger partial charge in [-0.15, -0.1) is 0 Å². The van der Waals surface area contributed by atoms with Gasteiger partial charge in [0, 0.05) is 48.9 Å². The first-order valence-corrected chi connectivity index (χ1v) is 11.8. The highest BCUT2D eigenvalue weighted by molar-refractivity contribution is 6.31. The molecular formula is C26H21ClF3N5O2. The van der Waals surface area contributed by atoms with Gasteiger partial charge in [0.2, 0.25) is 0 Å². The molecule has 37 heavy (non-hydrogen) atoms. The van der Waals surface area contributed by atoms with Gasteiger partial charge >= 0.3 is 12.1 Å². The number of hydrogen-bond donors (Lipinski definition) is 0. The Hall–Kier alpha value is -3.76. The van der Waals surface area contributed by atoms with Crippen LogP contribution in [0.2, 0.25) is 5.15 Å². The Balaban J connectivity index is 1.37. The van der Waals surface area contributed by atoms with Gasteiger partial charge in [-0.3, -0.25) is 4.90 Å². The normalized spacial score (nSPS) is 13.9. The maximum Gasteiger partial charge on any atom is 0.416 e. The van der Waals surface area contributed by atoms with E-state index in [-0.39, 0.29) is 5.69 Å². The highest BCUT2D eigenvalue weighted by atomic mass is 35.5. The number of benzene rings is 2. The molecule has 2 aromatic heterocycles. The van der Waals surface area contributed by atoms with Crippen molar-refractivity contribution in [3.8, 4) is 17.1 Å². The molecule has 2 aromatic carbocycles. The van der Waals surface area contributed by atoms with E-state index in [2.05, 4.69) is 20.0 Å². The van der Waals surface area contributed by atoms with Crippen molar-refractivity contribution in [3.63, 3.8) is 0 Å². The van der Waals surface area contributed by atoms with Gasteiger partial charge in [-0.2, -0.15) is 18.3 Å². The Bertz CT molecular complexity index is 1440. The van der Waals surface area contributed by atoms with Gasteiger partial charge < -0.3 is 4.74 Å². The molecule has 0 radical (unpaired) electrons. The van der Waals surface area contributed by atoms with E-state index in [1.54, 1.807) is 6.20 Å². The molecule has 3 heterocycles. The number of rotatable bonds is 5. The van der Waals surface area contributed by atoms with Gasteiger partial charge in [0.05, 0.1) is 24.1 Å². The number of nitrogens with zero attached hydrogens (tertiary/aromatic N) is 5. The lowest BCUT2D eigenvalue weighted by atomic mass is 10.1. The smallest absolute Gasteiger partial charge is 0.416 e. The molecule has 5 rings (SSSR count). The summed E-state index contributed by atoms with van der Waals surface area (Å²) in [6.45, 7) is 1.50. The number of carbonyl (C=O) groups excluding carboxylic acids is 1. The lowest BCUT2D eigenvalue weighted by molar-refractivity contribution is -0.137. The largest absolute Gasteiger partial charge is 0.464 e. The van der Waals surface area contributed by atoms with Crippen LogP contribution in [-0.4, -0.2) is 44.3 Å². The maximum atomic E-state index is 12.9. The predicted molar refractivity (Wildman–Crippen MR) is 130 cm³/mol. The van der Waals surface area contributed by atoms with Gasteiger partial charge in [0.25, 0.3) is 0 Å². The third-order valence-corrected chi connectivity index (χ3v) is 6.55. The Labute approximate surface area is 215 Å². The molecule has 0 N–H and O–H groups in total. The van der Waals surface area contributed by atoms with Crippen LogP contribution >= 0.6 is 11.6 Å². The number of ether oxygens (including phenoxy) is 1. The van der Waals surface area contributed by atoms with E-state index in [4.69, 9.17) is 16.3 Å². The van der Waals surface area contributed by atoms with Crippen LogP contribution in [0.1, 0.15) is 32.9 Å². The van der Waals surface area contributed by atoms with Crippen molar-refractivity contribution in [3.05, 3.63) is 94.0 Å². The topological polar surface area (TPSA) is 73.1 Å². The van der Waals surface area contributed by atoms with Crippen LogP contribution in [0.15, 0.2) is 60.8 Å². The van der Waals surface area contributed by atoms with E-state index >= 15 is 0 Å². The van der Waals surface area contributed by atoms with Crippen LogP contribution in [0.5, 0.6) is 0 Å². The Morgan fingerprint density at radius 3 is 2.51 bits per heavy atom. The van der Waals surface area contributed by atoms with Crippen molar-refractivity contribution in [2.24, 2.45) is 0 Å². The summed E-state index contributed by atoms with van der Waals surface area (Å²) in [6, 6.07) is 14.1. The second-order valence-corrected chi connectivity index (χ2v) is 8.92. The Kier molecular flexibility index (Phi) is 6.70. The lowest BCUT2D eigenvalue weighted by Crippen LogP contribution is -2.31. The van der Waals surface area contributed by atoms with Crippen LogP contribution in [-0.2, 0) is 30.4 Å². The molecular weight excluding hydrogens is 507 g/mol. The molecule has 0 unspecified atom stereocenters. The average molecular weight is 528 g/mol. The van der Waals surface area contributed by atoms with Crippen molar-refractivity contribution >= 4 is 17.6 Å². The Morgan fingerprint density at radius 2 is 1.84 bits per heavy atom. The summed E-state index contributed by atoms with van der Waals surface area (Å²) in [7, 11) is 1.30. The number of halogens is 4. The molecule has 11 heteroatoms. The van der Waals surface area contributed by atoms with Crippen molar-refractivity contribution < 1.29 is 22.7 Å². The van der Waals surface area contributed by atoms with Crippen LogP contribution in [0.3, 0.4) is 0 Å². The average Bonchev–Trinajstić information content (AvgIpc) is 3.23. The number of methoxy groups -OCH3 is 1. The Morgan fingerprint density at radius 1 is 1.11 bits per heavy atom. The summed E-state index contributed by atoms with van der Waals surface area (Å²) >= 11 is 6.68. The standard InChI is InChI=1S/C26H21ClF3N5O2/c1-37-25(36)22-20(23(27)35(33-22)19-5-3-2-4-6-19)15-34-12-11-21-17(14-34)13-31-24(32-21)16-7-9-18(10-8-16)26(28,29)30/h2-10,13H,11-12,14-15H2,1H3. The summed E-state index contributed by atoms with van der Waals surface area (Å²) in [5.74, 6) is -0.199. The molecule has 0 amide bonds. The van der Waals surface area contributed by atoms with Gasteiger partial charge in [-0.25, -0.2) is 19.4 Å². The quantitative estimate of drug-likeness (QED) is 0.326. The van der Waals surface area contributed by atoms with Crippen LogP contribution in [0.4, 0.5) is 13.2 Å². The molecule has 190 valence electrons. The molecule has 0 aliphatic carbocycles. The molecule has 0 bridgehead atoms. The van der Waals surface area contributed by atoms with Crippen molar-refractivity contribution in [2.45, 2.75) is 25.7 Å². The third kappa shape index (κ3) is 5.07. The zero-order valence-corrected chi connectivity index (χ0v) is 20.4. The summed E-state index contributed by atoms with van der Waals surface area (Å²) in [4.78, 5) is 23.5. The van der Waals surface area contributed by atoms with Gasteiger partial charge in [0.1, 0.15) is 5.15 Å². The number of aromatic nitrogens is 4. The van der Waals surface area contributed by atoms with Gasteiger partial charge in [0.15, 0.2) is 11.5 Å². The number of alkyl halides is 3. The van der Waals surface area contributed by atoms with Crippen molar-refractivity contribution in [1.82, 2.24) is 24.6 Å². The molecule has 0 saturated carbocycles. The molecule has 0 saturated heterocycles. The highest BCUT2D eigenvalue weighted by Crippen LogP contribution is 2.31. The van der Waals surface area contributed by atoms with Crippen LogP contribution < -0.4 is 0 Å². The molecule has 7 nitrogen and oxygen atoms in total. The summed E-state index contributed by atoms with van der Waals surface area (Å²) in [5.41, 5.74) is 2.95. The first-order chi connectivity index (χ1) is 17.7. The molecule has 0 spiro atoms. The predicted octanol–water partition coefficient (Wildman–Crippen LogP) is 5.35. The zero-order valence-electron chi connectivity index (χ0n) is 19.7. The molecule has 1 aliphatic heterocycles. The monoisotopic (exact) mass is 527 g/mol. The number of para-hydroxylation sites is 1. The van der Waals surface area contributed by atoms with E-state index in [0.717, 1.165) is 29.1 Å². The summed E-state index contributed by atoms with van der Waals surface area (Å²) in [5, 5.41) is 4.74. The van der Waals surface area contributed by atoms with Crippen molar-refractivity contribution in [2.75, 3.05) is 13.7 Å². The molecule has 0 fully saturated rings. The van der Waals surface area contributed by atoms with E-state index in [0.29, 0.717) is 48.2 Å². The van der Waals surface area contributed by atoms with Crippen LogP contribution in [0, 0.1) is 0 Å². The number of fused-ring (bicyclic) bond motifs is 1. The van der Waals surface area contributed by atoms with Gasteiger partial charge in [-0.05, 0) is 24.3 Å². The van der Waals surface area contributed by atoms with E-state index in [1.165, 1.54) is 23.9 Å². The second kappa shape index (κ2) is 9.95. The minimum Gasteiger partial charge on any atom is -0.464 e. The minimum absolute atomic E-state index is 0.149. The summed E-state index contributed by atoms with van der Waals surface area (Å²) in [6.07, 6.45) is -2.10. The number of hydrogen-bond acceptors (Lipinski definition) is 6. The first kappa shape index (κ1) is 24.9. The SMILES string of the molecule is COC(=O)c1nn(-c2ccccc2)c(Cl)c1CN1CCc2nc(-c3ccc(C(F)(F)F)cc3)ncc2C1. The van der Waals surface area contributed by atoms with E-state index in [1.807, 2.05) is 30.3 Å². The fraction of sp³-hybridized carbons (Fsp3) is 0.231.